The fourth-order valence-electron chi connectivity index (χ4n) is 2.28. The van der Waals surface area contributed by atoms with Gasteiger partial charge >= 0.3 is 0 Å². The maximum Gasteiger partial charge on any atom is 0.254 e. The SMILES string of the molecule is O=c1cc2ccc(Cl)cc2c(O)n1Cc1ccc(Br)cc1F. The van der Waals surface area contributed by atoms with Crippen LogP contribution >= 0.6 is 27.5 Å². The van der Waals surface area contributed by atoms with Crippen LogP contribution in [0, 0.1) is 5.82 Å². The summed E-state index contributed by atoms with van der Waals surface area (Å²) in [6.45, 7) is -0.0633. The van der Waals surface area contributed by atoms with Gasteiger partial charge in [0.1, 0.15) is 5.82 Å². The number of hydrogen-bond acceptors (Lipinski definition) is 2. The molecule has 0 bridgehead atoms. The van der Waals surface area contributed by atoms with Crippen LogP contribution in [-0.4, -0.2) is 9.67 Å². The summed E-state index contributed by atoms with van der Waals surface area (Å²) >= 11 is 9.10. The summed E-state index contributed by atoms with van der Waals surface area (Å²) in [4.78, 5) is 12.2. The number of fused-ring (bicyclic) bond motifs is 1. The van der Waals surface area contributed by atoms with Crippen molar-refractivity contribution in [1.29, 1.82) is 0 Å². The Balaban J connectivity index is 2.16. The van der Waals surface area contributed by atoms with Crippen LogP contribution < -0.4 is 5.56 Å². The van der Waals surface area contributed by atoms with Crippen molar-refractivity contribution in [2.75, 3.05) is 0 Å². The highest BCUT2D eigenvalue weighted by molar-refractivity contribution is 9.10. The molecule has 0 fully saturated rings. The second-order valence-electron chi connectivity index (χ2n) is 4.86. The lowest BCUT2D eigenvalue weighted by atomic mass is 10.1. The van der Waals surface area contributed by atoms with Crippen LogP contribution in [0.15, 0.2) is 51.7 Å². The third-order valence-corrected chi connectivity index (χ3v) is 4.13. The zero-order valence-corrected chi connectivity index (χ0v) is 13.5. The molecule has 0 saturated carbocycles. The molecule has 0 amide bonds. The Kier molecular flexibility index (Phi) is 3.93. The van der Waals surface area contributed by atoms with Crippen LogP contribution in [0.25, 0.3) is 10.8 Å². The molecule has 0 aliphatic carbocycles. The molecule has 0 aliphatic rings. The Morgan fingerprint density at radius 1 is 1.18 bits per heavy atom. The van der Waals surface area contributed by atoms with Crippen molar-refractivity contribution in [3.05, 3.63) is 73.7 Å². The normalized spacial score (nSPS) is 11.0. The van der Waals surface area contributed by atoms with E-state index in [9.17, 15) is 14.3 Å². The summed E-state index contributed by atoms with van der Waals surface area (Å²) in [7, 11) is 0. The number of nitrogens with zero attached hydrogens (tertiary/aromatic N) is 1. The van der Waals surface area contributed by atoms with E-state index in [2.05, 4.69) is 15.9 Å². The summed E-state index contributed by atoms with van der Waals surface area (Å²) in [5.74, 6) is -0.681. The Hall–Kier alpha value is -1.85. The van der Waals surface area contributed by atoms with Gasteiger partial charge in [0, 0.05) is 26.5 Å². The molecule has 22 heavy (non-hydrogen) atoms. The van der Waals surface area contributed by atoms with Gasteiger partial charge in [0.2, 0.25) is 5.88 Å². The minimum atomic E-state index is -0.452. The number of halogens is 3. The lowest BCUT2D eigenvalue weighted by Gasteiger charge is -2.12. The Bertz CT molecular complexity index is 939. The average molecular weight is 383 g/mol. The zero-order chi connectivity index (χ0) is 15.9. The van der Waals surface area contributed by atoms with Crippen LogP contribution in [0.5, 0.6) is 5.88 Å². The lowest BCUT2D eigenvalue weighted by Crippen LogP contribution is -2.20. The number of hydrogen-bond donors (Lipinski definition) is 1. The van der Waals surface area contributed by atoms with Crippen molar-refractivity contribution in [2.45, 2.75) is 6.54 Å². The van der Waals surface area contributed by atoms with Gasteiger partial charge in [0.25, 0.3) is 5.56 Å². The fraction of sp³-hybridized carbons (Fsp3) is 0.0625. The molecule has 0 saturated heterocycles. The molecule has 0 unspecified atom stereocenters. The van der Waals surface area contributed by atoms with Crippen LogP contribution in [-0.2, 0) is 6.54 Å². The molecule has 1 heterocycles. The number of aromatic hydroxyl groups is 1. The van der Waals surface area contributed by atoms with Crippen LogP contribution in [0.1, 0.15) is 5.56 Å². The molecule has 0 spiro atoms. The molecule has 3 aromatic rings. The smallest absolute Gasteiger partial charge is 0.254 e. The third-order valence-electron chi connectivity index (χ3n) is 3.40. The number of aromatic nitrogens is 1. The van der Waals surface area contributed by atoms with E-state index in [1.165, 1.54) is 12.1 Å². The summed E-state index contributed by atoms with van der Waals surface area (Å²) in [6, 6.07) is 10.8. The molecule has 0 radical (unpaired) electrons. The maximum absolute atomic E-state index is 13.9. The first-order valence-electron chi connectivity index (χ1n) is 6.42. The first-order valence-corrected chi connectivity index (χ1v) is 7.59. The predicted molar refractivity (Wildman–Crippen MR) is 88.1 cm³/mol. The van der Waals surface area contributed by atoms with E-state index in [4.69, 9.17) is 11.6 Å². The Labute approximate surface area is 138 Å². The molecular formula is C16H10BrClFNO2. The van der Waals surface area contributed by atoms with Gasteiger partial charge in [-0.2, -0.15) is 0 Å². The Morgan fingerprint density at radius 2 is 1.95 bits per heavy atom. The minimum absolute atomic E-state index is 0.0633. The van der Waals surface area contributed by atoms with Gasteiger partial charge in [-0.3, -0.25) is 9.36 Å². The molecule has 1 aromatic heterocycles. The van der Waals surface area contributed by atoms with E-state index < -0.39 is 11.4 Å². The highest BCUT2D eigenvalue weighted by Crippen LogP contribution is 2.27. The second-order valence-corrected chi connectivity index (χ2v) is 6.21. The lowest BCUT2D eigenvalue weighted by molar-refractivity contribution is 0.420. The van der Waals surface area contributed by atoms with Gasteiger partial charge in [-0.15, -0.1) is 0 Å². The average Bonchev–Trinajstić information content (AvgIpc) is 2.46. The van der Waals surface area contributed by atoms with Gasteiger partial charge in [0.15, 0.2) is 0 Å². The van der Waals surface area contributed by atoms with Crippen LogP contribution in [0.4, 0.5) is 4.39 Å². The van der Waals surface area contributed by atoms with Crippen molar-refractivity contribution in [2.24, 2.45) is 0 Å². The molecular weight excluding hydrogens is 373 g/mol. The highest BCUT2D eigenvalue weighted by Gasteiger charge is 2.12. The molecule has 3 rings (SSSR count). The quantitative estimate of drug-likeness (QED) is 0.717. The van der Waals surface area contributed by atoms with Gasteiger partial charge in [0.05, 0.1) is 6.54 Å². The molecule has 0 aliphatic heterocycles. The van der Waals surface area contributed by atoms with E-state index in [-0.39, 0.29) is 12.4 Å². The van der Waals surface area contributed by atoms with Crippen LogP contribution in [0.2, 0.25) is 5.02 Å². The van der Waals surface area contributed by atoms with Crippen molar-refractivity contribution < 1.29 is 9.50 Å². The largest absolute Gasteiger partial charge is 0.494 e. The Morgan fingerprint density at radius 3 is 2.68 bits per heavy atom. The van der Waals surface area contributed by atoms with Crippen molar-refractivity contribution in [3.8, 4) is 5.88 Å². The number of rotatable bonds is 2. The predicted octanol–water partition coefficient (Wildman–Crippen LogP) is 4.31. The van der Waals surface area contributed by atoms with Gasteiger partial charge in [-0.1, -0.05) is 39.7 Å². The van der Waals surface area contributed by atoms with Gasteiger partial charge < -0.3 is 5.11 Å². The fourth-order valence-corrected chi connectivity index (χ4v) is 2.79. The molecule has 112 valence electrons. The molecule has 3 nitrogen and oxygen atoms in total. The van der Waals surface area contributed by atoms with Crippen molar-refractivity contribution >= 4 is 38.3 Å². The van der Waals surface area contributed by atoms with Crippen LogP contribution in [0.3, 0.4) is 0 Å². The molecule has 2 aromatic carbocycles. The summed E-state index contributed by atoms with van der Waals surface area (Å²) in [5.41, 5.74) is -0.100. The highest BCUT2D eigenvalue weighted by atomic mass is 79.9. The van der Waals surface area contributed by atoms with E-state index in [1.807, 2.05) is 0 Å². The monoisotopic (exact) mass is 381 g/mol. The number of pyridine rings is 1. The van der Waals surface area contributed by atoms with E-state index >= 15 is 0 Å². The third kappa shape index (κ3) is 2.74. The summed E-state index contributed by atoms with van der Waals surface area (Å²) in [6.07, 6.45) is 0. The summed E-state index contributed by atoms with van der Waals surface area (Å²) in [5, 5.41) is 11.8. The van der Waals surface area contributed by atoms with Crippen molar-refractivity contribution in [1.82, 2.24) is 4.57 Å². The zero-order valence-electron chi connectivity index (χ0n) is 11.2. The number of benzene rings is 2. The van der Waals surface area contributed by atoms with E-state index in [1.54, 1.807) is 30.3 Å². The maximum atomic E-state index is 13.9. The molecule has 6 heteroatoms. The topological polar surface area (TPSA) is 42.2 Å². The first-order chi connectivity index (χ1) is 10.5. The van der Waals surface area contributed by atoms with Gasteiger partial charge in [-0.25, -0.2) is 4.39 Å². The van der Waals surface area contributed by atoms with Gasteiger partial charge in [-0.05, 0) is 29.7 Å². The second kappa shape index (κ2) is 5.74. The van der Waals surface area contributed by atoms with E-state index in [0.717, 1.165) is 4.57 Å². The first kappa shape index (κ1) is 15.1. The molecule has 1 N–H and O–H groups in total. The molecule has 0 atom stereocenters. The van der Waals surface area contributed by atoms with E-state index in [0.29, 0.717) is 25.8 Å². The minimum Gasteiger partial charge on any atom is -0.494 e. The summed E-state index contributed by atoms with van der Waals surface area (Å²) < 4.78 is 15.7. The standard InChI is InChI=1S/C16H10BrClFNO2/c17-11-3-1-10(14(19)6-11)8-20-15(21)5-9-2-4-12(18)7-13(9)16(20)22/h1-7,22H,8H2. The van der Waals surface area contributed by atoms with Crippen molar-refractivity contribution in [3.63, 3.8) is 0 Å².